The molecule has 1 saturated carbocycles. The normalized spacial score (nSPS) is 31.1. The molecule has 1 atom stereocenters. The molecule has 1 unspecified atom stereocenters. The van der Waals surface area contributed by atoms with Crippen LogP contribution in [0.2, 0.25) is 0 Å². The molecule has 2 nitrogen and oxygen atoms in total. The molecule has 2 heteroatoms. The molecule has 0 aromatic carbocycles. The monoisotopic (exact) mass is 210 g/mol. The molecule has 1 fully saturated rings. The van der Waals surface area contributed by atoms with Gasteiger partial charge < -0.3 is 9.84 Å². The standard InChI is InChI=1S/C13H22O2/c1-15-12-8-4-3-7-11(12)13(14)9-5-2-6-10-13/h7,12,14H,2-6,8-10H2,1H3. The minimum Gasteiger partial charge on any atom is -0.385 e. The third-order valence-corrected chi connectivity index (χ3v) is 3.88. The van der Waals surface area contributed by atoms with E-state index in [0.717, 1.165) is 38.5 Å². The third kappa shape index (κ3) is 2.26. The summed E-state index contributed by atoms with van der Waals surface area (Å²) in [6, 6.07) is 0. The molecule has 0 radical (unpaired) electrons. The van der Waals surface area contributed by atoms with E-state index < -0.39 is 5.60 Å². The van der Waals surface area contributed by atoms with Crippen molar-refractivity contribution in [1.82, 2.24) is 0 Å². The van der Waals surface area contributed by atoms with E-state index in [9.17, 15) is 5.11 Å². The average Bonchev–Trinajstić information content (AvgIpc) is 2.30. The van der Waals surface area contributed by atoms with Crippen LogP contribution in [0.3, 0.4) is 0 Å². The SMILES string of the molecule is COC1CCCC=C1C1(O)CCCCC1. The zero-order valence-electron chi connectivity index (χ0n) is 9.67. The zero-order valence-corrected chi connectivity index (χ0v) is 9.67. The molecule has 0 aliphatic heterocycles. The predicted molar refractivity (Wildman–Crippen MR) is 60.8 cm³/mol. The second kappa shape index (κ2) is 4.67. The molecule has 0 aromatic rings. The van der Waals surface area contributed by atoms with Crippen molar-refractivity contribution in [1.29, 1.82) is 0 Å². The summed E-state index contributed by atoms with van der Waals surface area (Å²) in [7, 11) is 1.76. The summed E-state index contributed by atoms with van der Waals surface area (Å²) in [5.41, 5.74) is 0.634. The number of allylic oxidation sites excluding steroid dienone is 1. The molecule has 0 heterocycles. The van der Waals surface area contributed by atoms with Crippen molar-refractivity contribution in [2.75, 3.05) is 7.11 Å². The van der Waals surface area contributed by atoms with E-state index in [1.807, 2.05) is 0 Å². The van der Waals surface area contributed by atoms with Crippen LogP contribution in [-0.2, 0) is 4.74 Å². The summed E-state index contributed by atoms with van der Waals surface area (Å²) in [5, 5.41) is 10.6. The summed E-state index contributed by atoms with van der Waals surface area (Å²) in [6.07, 6.45) is 11.2. The van der Waals surface area contributed by atoms with Gasteiger partial charge in [-0.25, -0.2) is 0 Å². The fourth-order valence-corrected chi connectivity index (χ4v) is 3.01. The van der Waals surface area contributed by atoms with Gasteiger partial charge in [0, 0.05) is 7.11 Å². The van der Waals surface area contributed by atoms with Crippen LogP contribution < -0.4 is 0 Å². The van der Waals surface area contributed by atoms with Crippen molar-refractivity contribution in [3.05, 3.63) is 11.6 Å². The molecule has 0 aromatic heterocycles. The summed E-state index contributed by atoms with van der Waals surface area (Å²) < 4.78 is 5.49. The minimum atomic E-state index is -0.542. The third-order valence-electron chi connectivity index (χ3n) is 3.88. The molecule has 0 saturated heterocycles. The number of hydrogen-bond acceptors (Lipinski definition) is 2. The van der Waals surface area contributed by atoms with Crippen LogP contribution in [0.25, 0.3) is 0 Å². The second-order valence-electron chi connectivity index (χ2n) is 4.91. The largest absolute Gasteiger partial charge is 0.385 e. The Kier molecular flexibility index (Phi) is 3.47. The Labute approximate surface area is 92.3 Å². The Morgan fingerprint density at radius 1 is 1.27 bits per heavy atom. The van der Waals surface area contributed by atoms with Gasteiger partial charge in [-0.3, -0.25) is 0 Å². The summed E-state index contributed by atoms with van der Waals surface area (Å²) >= 11 is 0. The first-order chi connectivity index (χ1) is 7.26. The lowest BCUT2D eigenvalue weighted by atomic mass is 9.74. The van der Waals surface area contributed by atoms with Crippen LogP contribution in [-0.4, -0.2) is 23.9 Å². The first-order valence-corrected chi connectivity index (χ1v) is 6.22. The van der Waals surface area contributed by atoms with Crippen LogP contribution in [0.4, 0.5) is 0 Å². The maximum absolute atomic E-state index is 10.6. The van der Waals surface area contributed by atoms with Crippen molar-refractivity contribution in [3.63, 3.8) is 0 Å². The highest BCUT2D eigenvalue weighted by atomic mass is 16.5. The molecule has 0 bridgehead atoms. The van der Waals surface area contributed by atoms with E-state index in [2.05, 4.69) is 6.08 Å². The lowest BCUT2D eigenvalue weighted by Gasteiger charge is -2.39. The Hall–Kier alpha value is -0.340. The van der Waals surface area contributed by atoms with Crippen molar-refractivity contribution < 1.29 is 9.84 Å². The molecular formula is C13H22O2. The Morgan fingerprint density at radius 3 is 2.67 bits per heavy atom. The van der Waals surface area contributed by atoms with Gasteiger partial charge in [-0.05, 0) is 37.7 Å². The summed E-state index contributed by atoms with van der Waals surface area (Å²) in [4.78, 5) is 0. The fourth-order valence-electron chi connectivity index (χ4n) is 3.01. The maximum Gasteiger partial charge on any atom is 0.0881 e. The van der Waals surface area contributed by atoms with E-state index in [1.165, 1.54) is 18.4 Å². The van der Waals surface area contributed by atoms with Gasteiger partial charge in [-0.15, -0.1) is 0 Å². The molecule has 1 N–H and O–H groups in total. The van der Waals surface area contributed by atoms with Crippen LogP contribution >= 0.6 is 0 Å². The summed E-state index contributed by atoms with van der Waals surface area (Å²) in [6.45, 7) is 0. The lowest BCUT2D eigenvalue weighted by Crippen LogP contribution is -2.40. The quantitative estimate of drug-likeness (QED) is 0.710. The number of rotatable bonds is 2. The average molecular weight is 210 g/mol. The molecule has 2 aliphatic rings. The van der Waals surface area contributed by atoms with E-state index in [1.54, 1.807) is 7.11 Å². The van der Waals surface area contributed by atoms with Gasteiger partial charge >= 0.3 is 0 Å². The Morgan fingerprint density at radius 2 is 2.00 bits per heavy atom. The van der Waals surface area contributed by atoms with Crippen LogP contribution in [0.5, 0.6) is 0 Å². The van der Waals surface area contributed by atoms with Crippen LogP contribution in [0.1, 0.15) is 51.4 Å². The van der Waals surface area contributed by atoms with Gasteiger partial charge in [-0.2, -0.15) is 0 Å². The van der Waals surface area contributed by atoms with Crippen LogP contribution in [0, 0.1) is 0 Å². The highest BCUT2D eigenvalue weighted by Gasteiger charge is 2.37. The summed E-state index contributed by atoms with van der Waals surface area (Å²) in [5.74, 6) is 0. The molecule has 2 aliphatic carbocycles. The van der Waals surface area contributed by atoms with Crippen LogP contribution in [0.15, 0.2) is 11.6 Å². The first kappa shape index (κ1) is 11.2. The maximum atomic E-state index is 10.6. The highest BCUT2D eigenvalue weighted by Crippen LogP contribution is 2.39. The Bertz CT molecular complexity index is 239. The lowest BCUT2D eigenvalue weighted by molar-refractivity contribution is 0.00159. The molecule has 0 spiro atoms. The molecule has 0 amide bonds. The number of ether oxygens (including phenoxy) is 1. The van der Waals surface area contributed by atoms with Crippen molar-refractivity contribution >= 4 is 0 Å². The minimum absolute atomic E-state index is 0.168. The van der Waals surface area contributed by atoms with E-state index in [0.29, 0.717) is 0 Å². The first-order valence-electron chi connectivity index (χ1n) is 6.22. The molecule has 15 heavy (non-hydrogen) atoms. The van der Waals surface area contributed by atoms with Gasteiger partial charge in [-0.1, -0.05) is 25.3 Å². The van der Waals surface area contributed by atoms with Gasteiger partial charge in [0.25, 0.3) is 0 Å². The zero-order chi connectivity index (χ0) is 10.7. The van der Waals surface area contributed by atoms with Crippen molar-refractivity contribution in [2.45, 2.75) is 63.1 Å². The Balaban J connectivity index is 2.15. The highest BCUT2D eigenvalue weighted by molar-refractivity contribution is 5.24. The van der Waals surface area contributed by atoms with E-state index >= 15 is 0 Å². The molecule has 86 valence electrons. The van der Waals surface area contributed by atoms with Gasteiger partial charge in [0.1, 0.15) is 0 Å². The fraction of sp³-hybridized carbons (Fsp3) is 0.846. The molecule has 2 rings (SSSR count). The second-order valence-corrected chi connectivity index (χ2v) is 4.91. The van der Waals surface area contributed by atoms with Gasteiger partial charge in [0.2, 0.25) is 0 Å². The van der Waals surface area contributed by atoms with E-state index in [-0.39, 0.29) is 6.10 Å². The number of aliphatic hydroxyl groups is 1. The number of hydrogen-bond donors (Lipinski definition) is 1. The predicted octanol–water partition coefficient (Wildman–Crippen LogP) is 2.81. The van der Waals surface area contributed by atoms with Gasteiger partial charge in [0.15, 0.2) is 0 Å². The smallest absolute Gasteiger partial charge is 0.0881 e. The van der Waals surface area contributed by atoms with Crippen molar-refractivity contribution in [2.24, 2.45) is 0 Å². The van der Waals surface area contributed by atoms with Gasteiger partial charge in [0.05, 0.1) is 11.7 Å². The topological polar surface area (TPSA) is 29.5 Å². The number of methoxy groups -OCH3 is 1. The van der Waals surface area contributed by atoms with E-state index in [4.69, 9.17) is 4.74 Å². The van der Waals surface area contributed by atoms with Crippen molar-refractivity contribution in [3.8, 4) is 0 Å². The molecular weight excluding hydrogens is 188 g/mol.